The molecule has 0 bridgehead atoms. The van der Waals surface area contributed by atoms with Crippen LogP contribution in [0.3, 0.4) is 0 Å². The van der Waals surface area contributed by atoms with Crippen molar-refractivity contribution < 1.29 is 4.79 Å². The van der Waals surface area contributed by atoms with Gasteiger partial charge in [0.1, 0.15) is 5.66 Å². The van der Waals surface area contributed by atoms with Crippen molar-refractivity contribution >= 4 is 11.6 Å². The third-order valence-electron chi connectivity index (χ3n) is 4.64. The van der Waals surface area contributed by atoms with Crippen molar-refractivity contribution in [3.05, 3.63) is 30.2 Å². The second kappa shape index (κ2) is 4.51. The molecule has 0 spiro atoms. The van der Waals surface area contributed by atoms with Gasteiger partial charge in [-0.3, -0.25) is 15.4 Å². The van der Waals surface area contributed by atoms with Crippen LogP contribution >= 0.6 is 0 Å². The van der Waals surface area contributed by atoms with Crippen LogP contribution in [0.1, 0.15) is 18.5 Å². The molecule has 2 fully saturated rings. The van der Waals surface area contributed by atoms with E-state index in [9.17, 15) is 4.79 Å². The van der Waals surface area contributed by atoms with Crippen molar-refractivity contribution in [1.82, 2.24) is 30.1 Å². The van der Waals surface area contributed by atoms with E-state index < -0.39 is 5.66 Å². The number of carbonyl (C=O) groups is 1. The second-order valence-electron chi connectivity index (χ2n) is 5.57. The van der Waals surface area contributed by atoms with Gasteiger partial charge in [0.2, 0.25) is 5.91 Å². The van der Waals surface area contributed by atoms with Crippen molar-refractivity contribution in [2.24, 2.45) is 0 Å². The fourth-order valence-electron chi connectivity index (χ4n) is 3.63. The molecule has 7 nitrogen and oxygen atoms in total. The van der Waals surface area contributed by atoms with E-state index in [1.54, 1.807) is 10.7 Å². The summed E-state index contributed by atoms with van der Waals surface area (Å²) in [5.41, 5.74) is 1.23. The first kappa shape index (κ1) is 12.7. The molecule has 2 N–H and O–H groups in total. The number of fused-ring (bicyclic) bond motifs is 2. The maximum atomic E-state index is 12.1. The standard InChI is InChI=1S/C14H18N6O/c1-15-14(10-5-8-20-12(18-10)4-6-17-20)11-2-3-13(21)19(11)9-7-16-14/h4-6,8,11,15-16H,2-3,7,9H2,1H3. The topological polar surface area (TPSA) is 74.6 Å². The predicted octanol–water partition coefficient (Wildman–Crippen LogP) is -0.304. The molecule has 4 heterocycles. The molecule has 2 saturated heterocycles. The Kier molecular flexibility index (Phi) is 2.73. The number of amides is 1. The molecule has 1 amide bonds. The number of hydrogen-bond donors (Lipinski definition) is 2. The Labute approximate surface area is 122 Å². The Hall–Kier alpha value is -1.99. The van der Waals surface area contributed by atoms with Gasteiger partial charge >= 0.3 is 0 Å². The second-order valence-corrected chi connectivity index (χ2v) is 5.57. The lowest BCUT2D eigenvalue weighted by atomic mass is 9.91. The summed E-state index contributed by atoms with van der Waals surface area (Å²) in [5, 5.41) is 11.1. The first-order valence-electron chi connectivity index (χ1n) is 7.29. The first-order valence-corrected chi connectivity index (χ1v) is 7.29. The SMILES string of the molecule is CNC1(c2ccn3nccc3n2)NCCN2C(=O)CCC21. The van der Waals surface area contributed by atoms with Crippen LogP contribution in [0.15, 0.2) is 24.5 Å². The summed E-state index contributed by atoms with van der Waals surface area (Å²) in [4.78, 5) is 18.8. The summed E-state index contributed by atoms with van der Waals surface area (Å²) in [6.45, 7) is 1.52. The molecule has 0 radical (unpaired) electrons. The Balaban J connectivity index is 1.83. The largest absolute Gasteiger partial charge is 0.335 e. The fourth-order valence-corrected chi connectivity index (χ4v) is 3.63. The van der Waals surface area contributed by atoms with Gasteiger partial charge in [-0.15, -0.1) is 0 Å². The average Bonchev–Trinajstić information content (AvgIpc) is 3.13. The summed E-state index contributed by atoms with van der Waals surface area (Å²) >= 11 is 0. The van der Waals surface area contributed by atoms with Crippen molar-refractivity contribution in [3.63, 3.8) is 0 Å². The van der Waals surface area contributed by atoms with Gasteiger partial charge in [0.25, 0.3) is 0 Å². The van der Waals surface area contributed by atoms with Gasteiger partial charge < -0.3 is 4.90 Å². The molecule has 2 unspecified atom stereocenters. The summed E-state index contributed by atoms with van der Waals surface area (Å²) in [7, 11) is 1.92. The molecule has 0 aromatic carbocycles. The lowest BCUT2D eigenvalue weighted by molar-refractivity contribution is -0.132. The minimum atomic E-state index is -0.490. The van der Waals surface area contributed by atoms with E-state index in [1.165, 1.54) is 0 Å². The molecule has 2 aliphatic heterocycles. The zero-order chi connectivity index (χ0) is 14.4. The van der Waals surface area contributed by atoms with Crippen molar-refractivity contribution in [3.8, 4) is 0 Å². The zero-order valence-corrected chi connectivity index (χ0v) is 11.9. The van der Waals surface area contributed by atoms with E-state index in [2.05, 4.69) is 15.7 Å². The van der Waals surface area contributed by atoms with Crippen LogP contribution in [0, 0.1) is 0 Å². The van der Waals surface area contributed by atoms with Gasteiger partial charge in [0, 0.05) is 31.8 Å². The number of nitrogens with one attached hydrogen (secondary N) is 2. The van der Waals surface area contributed by atoms with Gasteiger partial charge in [-0.1, -0.05) is 0 Å². The van der Waals surface area contributed by atoms with E-state index >= 15 is 0 Å². The Morgan fingerprint density at radius 3 is 3.24 bits per heavy atom. The minimum Gasteiger partial charge on any atom is -0.335 e. The number of likely N-dealkylation sites (N-methyl/N-ethyl adjacent to an activating group) is 1. The molecule has 4 rings (SSSR count). The molecule has 2 atom stereocenters. The highest BCUT2D eigenvalue weighted by atomic mass is 16.2. The lowest BCUT2D eigenvalue weighted by Gasteiger charge is -2.47. The zero-order valence-electron chi connectivity index (χ0n) is 11.9. The van der Waals surface area contributed by atoms with E-state index in [-0.39, 0.29) is 11.9 Å². The number of carbonyl (C=O) groups excluding carboxylic acids is 1. The molecule has 7 heteroatoms. The van der Waals surface area contributed by atoms with E-state index in [4.69, 9.17) is 4.98 Å². The average molecular weight is 286 g/mol. The highest BCUT2D eigenvalue weighted by Crippen LogP contribution is 2.34. The van der Waals surface area contributed by atoms with E-state index in [1.807, 2.05) is 30.3 Å². The monoisotopic (exact) mass is 286 g/mol. The number of hydrogen-bond acceptors (Lipinski definition) is 5. The lowest BCUT2D eigenvalue weighted by Crippen LogP contribution is -2.69. The molecular formula is C14H18N6O. The van der Waals surface area contributed by atoms with Crippen molar-refractivity contribution in [2.75, 3.05) is 20.1 Å². The summed E-state index contributed by atoms with van der Waals surface area (Å²) < 4.78 is 1.74. The number of aromatic nitrogens is 3. The maximum absolute atomic E-state index is 12.1. The van der Waals surface area contributed by atoms with Gasteiger partial charge in [0.15, 0.2) is 5.65 Å². The molecular weight excluding hydrogens is 268 g/mol. The number of rotatable bonds is 2. The van der Waals surface area contributed by atoms with Crippen LogP contribution in [0.25, 0.3) is 5.65 Å². The Morgan fingerprint density at radius 1 is 1.48 bits per heavy atom. The van der Waals surface area contributed by atoms with Gasteiger partial charge in [-0.2, -0.15) is 5.10 Å². The molecule has 0 saturated carbocycles. The van der Waals surface area contributed by atoms with Crippen LogP contribution < -0.4 is 10.6 Å². The molecule has 2 aromatic heterocycles. The maximum Gasteiger partial charge on any atom is 0.223 e. The quantitative estimate of drug-likeness (QED) is 0.792. The Morgan fingerprint density at radius 2 is 2.38 bits per heavy atom. The fraction of sp³-hybridized carbons (Fsp3) is 0.500. The third-order valence-corrected chi connectivity index (χ3v) is 4.64. The normalized spacial score (nSPS) is 29.1. The minimum absolute atomic E-state index is 0.0987. The molecule has 2 aromatic rings. The molecule has 21 heavy (non-hydrogen) atoms. The third kappa shape index (κ3) is 1.71. The van der Waals surface area contributed by atoms with Crippen molar-refractivity contribution in [2.45, 2.75) is 24.5 Å². The predicted molar refractivity (Wildman–Crippen MR) is 76.5 cm³/mol. The molecule has 0 aliphatic carbocycles. The number of nitrogens with zero attached hydrogens (tertiary/aromatic N) is 4. The molecule has 110 valence electrons. The van der Waals surface area contributed by atoms with Crippen molar-refractivity contribution in [1.29, 1.82) is 0 Å². The van der Waals surface area contributed by atoms with Crippen LogP contribution in [-0.4, -0.2) is 51.6 Å². The summed E-state index contributed by atoms with van der Waals surface area (Å²) in [5.74, 6) is 0.242. The first-order chi connectivity index (χ1) is 10.2. The summed E-state index contributed by atoms with van der Waals surface area (Å²) in [6.07, 6.45) is 5.11. The number of piperazine rings is 1. The highest BCUT2D eigenvalue weighted by Gasteiger charge is 2.50. The van der Waals surface area contributed by atoms with Crippen LogP contribution in [0.4, 0.5) is 0 Å². The Bertz CT molecular complexity index is 698. The van der Waals surface area contributed by atoms with Crippen LogP contribution in [0.5, 0.6) is 0 Å². The van der Waals surface area contributed by atoms with E-state index in [0.717, 1.165) is 30.9 Å². The van der Waals surface area contributed by atoms with Gasteiger partial charge in [-0.05, 0) is 19.5 Å². The van der Waals surface area contributed by atoms with Crippen LogP contribution in [0.2, 0.25) is 0 Å². The van der Waals surface area contributed by atoms with Gasteiger partial charge in [-0.25, -0.2) is 9.50 Å². The van der Waals surface area contributed by atoms with E-state index in [0.29, 0.717) is 6.42 Å². The smallest absolute Gasteiger partial charge is 0.223 e. The molecule has 2 aliphatic rings. The highest BCUT2D eigenvalue weighted by molar-refractivity contribution is 5.79. The van der Waals surface area contributed by atoms with Crippen LogP contribution in [-0.2, 0) is 10.5 Å². The summed E-state index contributed by atoms with van der Waals surface area (Å²) in [6, 6.07) is 3.95. The van der Waals surface area contributed by atoms with Gasteiger partial charge in [0.05, 0.1) is 17.9 Å².